The maximum Gasteiger partial charge on any atom is 0.253 e. The fraction of sp³-hybridized carbons (Fsp3) is 0.481. The topological polar surface area (TPSA) is 50.6 Å². The molecule has 0 atom stereocenters. The average Bonchev–Trinajstić information content (AvgIpc) is 3.15. The molecular formula is C27H34N4O2. The van der Waals surface area contributed by atoms with Gasteiger partial charge < -0.3 is 14.2 Å². The van der Waals surface area contributed by atoms with Gasteiger partial charge in [-0.15, -0.1) is 0 Å². The Morgan fingerprint density at radius 3 is 2.76 bits per heavy atom. The van der Waals surface area contributed by atoms with Crippen LogP contribution in [0, 0.1) is 5.92 Å². The van der Waals surface area contributed by atoms with Crippen LogP contribution in [-0.2, 0) is 30.8 Å². The third kappa shape index (κ3) is 4.55. The second-order valence-corrected chi connectivity index (χ2v) is 9.56. The van der Waals surface area contributed by atoms with Gasteiger partial charge in [-0.05, 0) is 54.7 Å². The summed E-state index contributed by atoms with van der Waals surface area (Å²) in [5.41, 5.74) is 5.85. The Hall–Kier alpha value is -2.70. The summed E-state index contributed by atoms with van der Waals surface area (Å²) in [6, 6.07) is 12.4. The summed E-state index contributed by atoms with van der Waals surface area (Å²) < 4.78 is 7.81. The van der Waals surface area contributed by atoms with Crippen LogP contribution in [0.15, 0.2) is 42.6 Å². The summed E-state index contributed by atoms with van der Waals surface area (Å²) in [7, 11) is 1.75. The Balaban J connectivity index is 1.47. The second-order valence-electron chi connectivity index (χ2n) is 9.56. The SMILES string of the molecule is COCCn1c2c(c3cc(C(=O)N4CCC(C)CC4)ccc31)CN(Cc1ccccn1)CC2. The summed E-state index contributed by atoms with van der Waals surface area (Å²) in [5.74, 6) is 0.881. The van der Waals surface area contributed by atoms with Crippen LogP contribution < -0.4 is 0 Å². The highest BCUT2D eigenvalue weighted by molar-refractivity contribution is 5.99. The van der Waals surface area contributed by atoms with E-state index in [1.807, 2.05) is 29.3 Å². The number of hydrogen-bond acceptors (Lipinski definition) is 4. The van der Waals surface area contributed by atoms with Crippen molar-refractivity contribution in [1.29, 1.82) is 0 Å². The smallest absolute Gasteiger partial charge is 0.253 e. The van der Waals surface area contributed by atoms with Crippen molar-refractivity contribution in [3.8, 4) is 0 Å². The number of aromatic nitrogens is 2. The Bertz CT molecular complexity index is 1120. The minimum Gasteiger partial charge on any atom is -0.383 e. The minimum atomic E-state index is 0.170. The molecule has 1 aromatic carbocycles. The van der Waals surface area contributed by atoms with E-state index in [4.69, 9.17) is 4.74 Å². The van der Waals surface area contributed by atoms with Crippen LogP contribution in [0.2, 0.25) is 0 Å². The summed E-state index contributed by atoms with van der Waals surface area (Å²) in [6.45, 7) is 8.24. The molecule has 6 nitrogen and oxygen atoms in total. The van der Waals surface area contributed by atoms with Crippen LogP contribution in [0.1, 0.15) is 47.1 Å². The van der Waals surface area contributed by atoms with E-state index >= 15 is 0 Å². The lowest BCUT2D eigenvalue weighted by molar-refractivity contribution is 0.0697. The normalized spacial score (nSPS) is 17.5. The number of hydrogen-bond donors (Lipinski definition) is 0. The number of methoxy groups -OCH3 is 1. The molecule has 0 saturated carbocycles. The Morgan fingerprint density at radius 2 is 2.00 bits per heavy atom. The van der Waals surface area contributed by atoms with Gasteiger partial charge in [-0.1, -0.05) is 13.0 Å². The molecular weight excluding hydrogens is 412 g/mol. The zero-order valence-electron chi connectivity index (χ0n) is 19.8. The lowest BCUT2D eigenvalue weighted by Gasteiger charge is -2.30. The van der Waals surface area contributed by atoms with E-state index in [9.17, 15) is 4.79 Å². The van der Waals surface area contributed by atoms with E-state index in [0.717, 1.165) is 69.8 Å². The summed E-state index contributed by atoms with van der Waals surface area (Å²) in [6.07, 6.45) is 5.05. The monoisotopic (exact) mass is 446 g/mol. The van der Waals surface area contributed by atoms with E-state index < -0.39 is 0 Å². The third-order valence-electron chi connectivity index (χ3n) is 7.28. The highest BCUT2D eigenvalue weighted by Crippen LogP contribution is 2.33. The molecule has 0 N–H and O–H groups in total. The number of benzene rings is 1. The van der Waals surface area contributed by atoms with Gasteiger partial charge in [-0.25, -0.2) is 0 Å². The van der Waals surface area contributed by atoms with Crippen molar-refractivity contribution in [1.82, 2.24) is 19.4 Å². The second kappa shape index (κ2) is 9.65. The first kappa shape index (κ1) is 22.1. The predicted molar refractivity (Wildman–Crippen MR) is 130 cm³/mol. The van der Waals surface area contributed by atoms with Gasteiger partial charge in [-0.2, -0.15) is 0 Å². The highest BCUT2D eigenvalue weighted by atomic mass is 16.5. The fourth-order valence-corrected chi connectivity index (χ4v) is 5.33. The first-order chi connectivity index (χ1) is 16.1. The first-order valence-corrected chi connectivity index (χ1v) is 12.2. The number of carbonyl (C=O) groups excluding carboxylic acids is 1. The van der Waals surface area contributed by atoms with Gasteiger partial charge >= 0.3 is 0 Å². The molecule has 2 aromatic heterocycles. The molecule has 0 spiro atoms. The quantitative estimate of drug-likeness (QED) is 0.572. The Labute approximate surface area is 196 Å². The van der Waals surface area contributed by atoms with E-state index in [-0.39, 0.29) is 5.91 Å². The molecule has 4 heterocycles. The molecule has 0 unspecified atom stereocenters. The van der Waals surface area contributed by atoms with Crippen molar-refractivity contribution in [3.63, 3.8) is 0 Å². The third-order valence-corrected chi connectivity index (χ3v) is 7.28. The highest BCUT2D eigenvalue weighted by Gasteiger charge is 2.26. The number of pyridine rings is 1. The Kier molecular flexibility index (Phi) is 6.47. The van der Waals surface area contributed by atoms with Crippen molar-refractivity contribution in [2.75, 3.05) is 33.4 Å². The van der Waals surface area contributed by atoms with Crippen molar-refractivity contribution in [2.24, 2.45) is 5.92 Å². The molecule has 0 radical (unpaired) electrons. The standard InChI is InChI=1S/C27H34N4O2/c1-20-8-13-30(14-9-20)27(32)21-6-7-25-23(17-21)24-19-29(18-22-5-3-4-11-28-22)12-10-26(24)31(25)15-16-33-2/h3-7,11,17,20H,8-10,12-16,18-19H2,1-2H3. The molecule has 33 heavy (non-hydrogen) atoms. The summed E-state index contributed by atoms with van der Waals surface area (Å²) in [5, 5.41) is 1.21. The zero-order chi connectivity index (χ0) is 22.8. The van der Waals surface area contributed by atoms with Crippen molar-refractivity contribution in [2.45, 2.75) is 45.8 Å². The largest absolute Gasteiger partial charge is 0.383 e. The molecule has 3 aromatic rings. The van der Waals surface area contributed by atoms with Crippen LogP contribution >= 0.6 is 0 Å². The predicted octanol–water partition coefficient (Wildman–Crippen LogP) is 4.11. The van der Waals surface area contributed by atoms with Crippen LogP contribution in [-0.4, -0.2) is 58.6 Å². The van der Waals surface area contributed by atoms with Gasteiger partial charge in [0.2, 0.25) is 0 Å². The number of likely N-dealkylation sites (tertiary alicyclic amines) is 1. The van der Waals surface area contributed by atoms with Gasteiger partial charge in [0.05, 0.1) is 12.3 Å². The average molecular weight is 447 g/mol. The molecule has 1 saturated heterocycles. The fourth-order valence-electron chi connectivity index (χ4n) is 5.33. The summed E-state index contributed by atoms with van der Waals surface area (Å²) >= 11 is 0. The number of carbonyl (C=O) groups is 1. The number of ether oxygens (including phenoxy) is 1. The van der Waals surface area contributed by atoms with Crippen molar-refractivity contribution < 1.29 is 9.53 Å². The van der Waals surface area contributed by atoms with Gasteiger partial charge in [-0.3, -0.25) is 14.7 Å². The van der Waals surface area contributed by atoms with E-state index in [2.05, 4.69) is 39.6 Å². The molecule has 2 aliphatic heterocycles. The number of nitrogens with zero attached hydrogens (tertiary/aromatic N) is 4. The minimum absolute atomic E-state index is 0.170. The first-order valence-electron chi connectivity index (χ1n) is 12.2. The lowest BCUT2D eigenvalue weighted by Crippen LogP contribution is -2.37. The molecule has 2 aliphatic rings. The zero-order valence-corrected chi connectivity index (χ0v) is 19.8. The summed E-state index contributed by atoms with van der Waals surface area (Å²) in [4.78, 5) is 22.3. The molecule has 5 rings (SSSR count). The van der Waals surface area contributed by atoms with Crippen molar-refractivity contribution in [3.05, 3.63) is 65.1 Å². The number of fused-ring (bicyclic) bond motifs is 3. The Morgan fingerprint density at radius 1 is 1.15 bits per heavy atom. The van der Waals surface area contributed by atoms with Crippen LogP contribution in [0.5, 0.6) is 0 Å². The van der Waals surface area contributed by atoms with Crippen LogP contribution in [0.3, 0.4) is 0 Å². The number of rotatable bonds is 6. The molecule has 1 fully saturated rings. The van der Waals surface area contributed by atoms with Gasteiger partial charge in [0.1, 0.15) is 0 Å². The van der Waals surface area contributed by atoms with E-state index in [1.54, 1.807) is 7.11 Å². The molecule has 0 bridgehead atoms. The number of amides is 1. The maximum atomic E-state index is 13.3. The molecule has 174 valence electrons. The van der Waals surface area contributed by atoms with Crippen LogP contribution in [0.4, 0.5) is 0 Å². The lowest BCUT2D eigenvalue weighted by atomic mass is 9.98. The number of piperidine rings is 1. The van der Waals surface area contributed by atoms with Gasteiger partial charge in [0.25, 0.3) is 5.91 Å². The van der Waals surface area contributed by atoms with E-state index in [0.29, 0.717) is 12.5 Å². The van der Waals surface area contributed by atoms with Gasteiger partial charge in [0, 0.05) is 81.2 Å². The molecule has 1 amide bonds. The molecule has 6 heteroatoms. The van der Waals surface area contributed by atoms with Crippen LogP contribution in [0.25, 0.3) is 10.9 Å². The van der Waals surface area contributed by atoms with E-state index in [1.165, 1.54) is 22.2 Å². The maximum absolute atomic E-state index is 13.3. The van der Waals surface area contributed by atoms with Crippen molar-refractivity contribution >= 4 is 16.8 Å². The molecule has 0 aliphatic carbocycles. The van der Waals surface area contributed by atoms with Gasteiger partial charge in [0.15, 0.2) is 0 Å².